The fraction of sp³-hybridized carbons (Fsp3) is 0.857. The Kier molecular flexibility index (Phi) is 7.80. The summed E-state index contributed by atoms with van der Waals surface area (Å²) in [6.07, 6.45) is 4.47. The summed E-state index contributed by atoms with van der Waals surface area (Å²) in [7, 11) is -1.64. The predicted octanol–water partition coefficient (Wildman–Crippen LogP) is 2.47. The molecule has 0 spiro atoms. The van der Waals surface area contributed by atoms with Crippen molar-refractivity contribution in [1.29, 1.82) is 0 Å². The lowest BCUT2D eigenvalue weighted by atomic mass is 10.2. The molecule has 0 aromatic heterocycles. The van der Waals surface area contributed by atoms with E-state index < -0.39 is 15.5 Å². The summed E-state index contributed by atoms with van der Waals surface area (Å²) in [6, 6.07) is 0. The Hall–Kier alpha value is 0.1000. The zero-order valence-corrected chi connectivity index (χ0v) is 9.45. The SMILES string of the molecule is CCCCCCC(=O)OS(=O)Br. The molecule has 0 radical (unpaired) electrons. The molecule has 0 fully saturated rings. The van der Waals surface area contributed by atoms with Crippen molar-refractivity contribution in [3.63, 3.8) is 0 Å². The van der Waals surface area contributed by atoms with Crippen LogP contribution in [0.25, 0.3) is 0 Å². The third kappa shape index (κ3) is 8.20. The molecule has 0 bridgehead atoms. The van der Waals surface area contributed by atoms with Crippen molar-refractivity contribution in [3.05, 3.63) is 0 Å². The van der Waals surface area contributed by atoms with Gasteiger partial charge in [-0.1, -0.05) is 26.2 Å². The van der Waals surface area contributed by atoms with Gasteiger partial charge in [0.2, 0.25) is 0 Å². The van der Waals surface area contributed by atoms with Crippen molar-refractivity contribution in [1.82, 2.24) is 0 Å². The number of halogens is 1. The molecule has 0 aliphatic heterocycles. The van der Waals surface area contributed by atoms with Crippen LogP contribution in [0.4, 0.5) is 0 Å². The van der Waals surface area contributed by atoms with E-state index in [-0.39, 0.29) is 0 Å². The van der Waals surface area contributed by atoms with Gasteiger partial charge in [0.1, 0.15) is 0 Å². The van der Waals surface area contributed by atoms with Crippen LogP contribution in [-0.2, 0) is 18.5 Å². The van der Waals surface area contributed by atoms with Gasteiger partial charge < -0.3 is 4.18 Å². The van der Waals surface area contributed by atoms with Gasteiger partial charge in [0.25, 0.3) is 9.51 Å². The standard InChI is InChI=1S/C7H13BrO3S/c1-2-3-4-5-6-7(9)11-12(8)10/h2-6H2,1H3. The molecule has 3 nitrogen and oxygen atoms in total. The van der Waals surface area contributed by atoms with Crippen molar-refractivity contribution in [2.24, 2.45) is 0 Å². The number of carbonyl (C=O) groups excluding carboxylic acids is 1. The molecule has 0 aliphatic carbocycles. The molecule has 0 saturated heterocycles. The Labute approximate surface area is 82.7 Å². The first kappa shape index (κ1) is 12.1. The van der Waals surface area contributed by atoms with Gasteiger partial charge in [-0.05, 0) is 6.42 Å². The Morgan fingerprint density at radius 3 is 2.58 bits per heavy atom. The van der Waals surface area contributed by atoms with Crippen LogP contribution in [0.1, 0.15) is 39.0 Å². The van der Waals surface area contributed by atoms with Gasteiger partial charge in [0.15, 0.2) is 0 Å². The maximum Gasteiger partial charge on any atom is 0.320 e. The average Bonchev–Trinajstić information content (AvgIpc) is 1.97. The third-order valence-electron chi connectivity index (χ3n) is 1.39. The van der Waals surface area contributed by atoms with Gasteiger partial charge in [0, 0.05) is 6.42 Å². The second kappa shape index (κ2) is 7.73. The van der Waals surface area contributed by atoms with E-state index in [2.05, 4.69) is 25.9 Å². The highest BCUT2D eigenvalue weighted by Gasteiger charge is 2.04. The first-order chi connectivity index (χ1) is 5.66. The molecular weight excluding hydrogens is 244 g/mol. The Morgan fingerprint density at radius 1 is 1.42 bits per heavy atom. The number of carbonyl (C=O) groups is 1. The van der Waals surface area contributed by atoms with Gasteiger partial charge in [-0.15, -0.1) is 0 Å². The summed E-state index contributed by atoms with van der Waals surface area (Å²) in [6.45, 7) is 2.10. The van der Waals surface area contributed by atoms with E-state index in [1.807, 2.05) is 0 Å². The summed E-state index contributed by atoms with van der Waals surface area (Å²) >= 11 is 2.63. The lowest BCUT2D eigenvalue weighted by Gasteiger charge is -1.98. The molecule has 72 valence electrons. The highest BCUT2D eigenvalue weighted by Crippen LogP contribution is 2.05. The first-order valence-electron chi connectivity index (χ1n) is 3.96. The molecule has 12 heavy (non-hydrogen) atoms. The number of hydrogen-bond donors (Lipinski definition) is 0. The van der Waals surface area contributed by atoms with Crippen LogP contribution in [0.2, 0.25) is 0 Å². The van der Waals surface area contributed by atoms with E-state index in [4.69, 9.17) is 0 Å². The van der Waals surface area contributed by atoms with Gasteiger partial charge in [-0.3, -0.25) is 4.79 Å². The molecule has 0 saturated carbocycles. The summed E-state index contributed by atoms with van der Waals surface area (Å²) < 4.78 is 14.7. The van der Waals surface area contributed by atoms with E-state index in [0.29, 0.717) is 6.42 Å². The second-order valence-corrected chi connectivity index (χ2v) is 4.60. The van der Waals surface area contributed by atoms with Crippen LogP contribution in [-0.4, -0.2) is 10.2 Å². The van der Waals surface area contributed by atoms with Crippen LogP contribution < -0.4 is 0 Å². The molecule has 1 unspecified atom stereocenters. The lowest BCUT2D eigenvalue weighted by Crippen LogP contribution is -2.02. The largest absolute Gasteiger partial charge is 0.356 e. The van der Waals surface area contributed by atoms with Crippen LogP contribution in [0, 0.1) is 0 Å². The van der Waals surface area contributed by atoms with E-state index in [1.54, 1.807) is 0 Å². The van der Waals surface area contributed by atoms with Gasteiger partial charge in [0.05, 0.1) is 14.8 Å². The van der Waals surface area contributed by atoms with Gasteiger partial charge >= 0.3 is 5.97 Å². The van der Waals surface area contributed by atoms with Gasteiger partial charge in [-0.2, -0.15) is 0 Å². The molecule has 5 heteroatoms. The molecule has 0 rings (SSSR count). The van der Waals surface area contributed by atoms with E-state index in [1.165, 1.54) is 0 Å². The van der Waals surface area contributed by atoms with Crippen LogP contribution >= 0.6 is 14.8 Å². The summed E-state index contributed by atoms with van der Waals surface area (Å²) in [5.74, 6) is -0.402. The Bertz CT molecular complexity index is 161. The molecule has 0 aromatic carbocycles. The van der Waals surface area contributed by atoms with Crippen molar-refractivity contribution in [2.75, 3.05) is 0 Å². The zero-order valence-electron chi connectivity index (χ0n) is 7.05. The van der Waals surface area contributed by atoms with Gasteiger partial charge in [-0.25, -0.2) is 4.21 Å². The molecule has 0 N–H and O–H groups in total. The predicted molar refractivity (Wildman–Crippen MR) is 51.9 cm³/mol. The van der Waals surface area contributed by atoms with E-state index in [0.717, 1.165) is 25.7 Å². The maximum atomic E-state index is 10.8. The van der Waals surface area contributed by atoms with Crippen molar-refractivity contribution < 1.29 is 13.2 Å². The third-order valence-corrected chi connectivity index (χ3v) is 2.11. The lowest BCUT2D eigenvalue weighted by molar-refractivity contribution is -0.133. The normalized spacial score (nSPS) is 12.5. The molecule has 1 atom stereocenters. The van der Waals surface area contributed by atoms with Crippen LogP contribution in [0.15, 0.2) is 0 Å². The van der Waals surface area contributed by atoms with Crippen LogP contribution in [0.3, 0.4) is 0 Å². The van der Waals surface area contributed by atoms with Crippen molar-refractivity contribution in [2.45, 2.75) is 39.0 Å². The maximum absolute atomic E-state index is 10.8. The first-order valence-corrected chi connectivity index (χ1v) is 6.87. The second-order valence-electron chi connectivity index (χ2n) is 2.46. The zero-order chi connectivity index (χ0) is 9.40. The summed E-state index contributed by atoms with van der Waals surface area (Å²) in [5, 5.41) is 0. The number of hydrogen-bond acceptors (Lipinski definition) is 3. The highest BCUT2D eigenvalue weighted by molar-refractivity contribution is 9.45. The topological polar surface area (TPSA) is 43.4 Å². The molecule has 0 aliphatic rings. The smallest absolute Gasteiger partial charge is 0.320 e. The minimum Gasteiger partial charge on any atom is -0.356 e. The Balaban J connectivity index is 3.26. The van der Waals surface area contributed by atoms with E-state index >= 15 is 0 Å². The summed E-state index contributed by atoms with van der Waals surface area (Å²) in [4.78, 5) is 10.8. The monoisotopic (exact) mass is 256 g/mol. The number of rotatable bonds is 6. The molecular formula is C7H13BrO3S. The van der Waals surface area contributed by atoms with E-state index in [9.17, 15) is 9.00 Å². The van der Waals surface area contributed by atoms with Crippen molar-refractivity contribution >= 4 is 30.3 Å². The van der Waals surface area contributed by atoms with Crippen LogP contribution in [0.5, 0.6) is 0 Å². The molecule has 0 heterocycles. The molecule has 0 aromatic rings. The van der Waals surface area contributed by atoms with Crippen molar-refractivity contribution in [3.8, 4) is 0 Å². The molecule has 0 amide bonds. The fourth-order valence-corrected chi connectivity index (χ4v) is 1.48. The highest BCUT2D eigenvalue weighted by atomic mass is 79.9. The Morgan fingerprint density at radius 2 is 2.08 bits per heavy atom. The minimum absolute atomic E-state index is 0.358. The minimum atomic E-state index is -1.64. The number of unbranched alkanes of at least 4 members (excludes halogenated alkanes) is 3. The quantitative estimate of drug-likeness (QED) is 0.542. The fourth-order valence-electron chi connectivity index (χ4n) is 0.811. The summed E-state index contributed by atoms with van der Waals surface area (Å²) in [5.41, 5.74) is 0. The average molecular weight is 257 g/mol.